The van der Waals surface area contributed by atoms with Crippen LogP contribution in [0.3, 0.4) is 0 Å². The molecule has 118 valence electrons. The zero-order chi connectivity index (χ0) is 16.2. The summed E-state index contributed by atoms with van der Waals surface area (Å²) in [7, 11) is 0. The number of benzene rings is 2. The number of hydrogen-bond donors (Lipinski definition) is 3. The second-order valence-corrected chi connectivity index (χ2v) is 4.96. The molecule has 22 heavy (non-hydrogen) atoms. The maximum absolute atomic E-state index is 10.1. The molecule has 0 unspecified atom stereocenters. The fourth-order valence-electron chi connectivity index (χ4n) is 1.89. The van der Waals surface area contributed by atoms with E-state index in [-0.39, 0.29) is 0 Å². The maximum Gasteiger partial charge on any atom is 0.320 e. The molecule has 0 aliphatic heterocycles. The highest BCUT2D eigenvalue weighted by Gasteiger charge is 2.09. The van der Waals surface area contributed by atoms with Gasteiger partial charge in [0.15, 0.2) is 0 Å². The quantitative estimate of drug-likeness (QED) is 0.716. The normalized spacial score (nSPS) is 11.2. The van der Waals surface area contributed by atoms with E-state index in [4.69, 9.17) is 16.6 Å². The first-order valence-electron chi connectivity index (χ1n) is 7.44. The van der Waals surface area contributed by atoms with Gasteiger partial charge >= 0.3 is 5.97 Å². The molecule has 0 amide bonds. The molecule has 0 aliphatic carbocycles. The lowest BCUT2D eigenvalue weighted by Gasteiger charge is -2.03. The van der Waals surface area contributed by atoms with Crippen molar-refractivity contribution in [2.75, 3.05) is 6.54 Å². The standard InChI is InChI=1S/C12H10.C6H14N2O2/c1-3-7-11(8-4-1)12-9-5-2-6-10-12;7-4-2-1-3-5(8)6(9)10/h1-10H;5H,1-4,7-8H2,(H,9,10)/t;5-/m.0/s1. The first-order valence-corrected chi connectivity index (χ1v) is 7.44. The third kappa shape index (κ3) is 7.02. The van der Waals surface area contributed by atoms with Gasteiger partial charge in [-0.2, -0.15) is 0 Å². The molecule has 0 heterocycles. The summed E-state index contributed by atoms with van der Waals surface area (Å²) in [5.74, 6) is -0.933. The highest BCUT2D eigenvalue weighted by atomic mass is 16.4. The molecule has 4 heteroatoms. The van der Waals surface area contributed by atoms with Crippen molar-refractivity contribution in [3.05, 3.63) is 60.7 Å². The first-order chi connectivity index (χ1) is 10.6. The van der Waals surface area contributed by atoms with E-state index in [1.165, 1.54) is 11.1 Å². The predicted molar refractivity (Wildman–Crippen MR) is 90.4 cm³/mol. The Morgan fingerprint density at radius 2 is 1.36 bits per heavy atom. The molecule has 0 bridgehead atoms. The Bertz CT molecular complexity index is 492. The summed E-state index contributed by atoms with van der Waals surface area (Å²) in [5.41, 5.74) is 13.0. The summed E-state index contributed by atoms with van der Waals surface area (Å²) in [5, 5.41) is 8.33. The van der Waals surface area contributed by atoms with Gasteiger partial charge in [-0.05, 0) is 30.5 Å². The van der Waals surface area contributed by atoms with Crippen LogP contribution in [0.15, 0.2) is 60.7 Å². The smallest absolute Gasteiger partial charge is 0.320 e. The molecule has 2 rings (SSSR count). The van der Waals surface area contributed by atoms with E-state index in [2.05, 4.69) is 48.5 Å². The molecule has 2 aromatic rings. The van der Waals surface area contributed by atoms with E-state index in [0.29, 0.717) is 13.0 Å². The summed E-state index contributed by atoms with van der Waals surface area (Å²) in [6.45, 7) is 0.604. The Hall–Kier alpha value is -2.17. The largest absolute Gasteiger partial charge is 0.480 e. The summed E-state index contributed by atoms with van der Waals surface area (Å²) in [4.78, 5) is 10.1. The van der Waals surface area contributed by atoms with Crippen LogP contribution < -0.4 is 11.5 Å². The zero-order valence-electron chi connectivity index (χ0n) is 12.7. The molecule has 0 radical (unpaired) electrons. The van der Waals surface area contributed by atoms with Crippen LogP contribution in [0.5, 0.6) is 0 Å². The van der Waals surface area contributed by atoms with Gasteiger partial charge < -0.3 is 16.6 Å². The second kappa shape index (κ2) is 10.5. The average molecular weight is 300 g/mol. The molecule has 0 saturated heterocycles. The van der Waals surface area contributed by atoms with Gasteiger partial charge in [0.2, 0.25) is 0 Å². The minimum Gasteiger partial charge on any atom is -0.480 e. The van der Waals surface area contributed by atoms with E-state index in [0.717, 1.165) is 12.8 Å². The number of unbranched alkanes of at least 4 members (excludes halogenated alkanes) is 1. The summed E-state index contributed by atoms with van der Waals surface area (Å²) >= 11 is 0. The van der Waals surface area contributed by atoms with Gasteiger partial charge in [-0.1, -0.05) is 67.1 Å². The number of aliphatic carboxylic acids is 1. The molecule has 0 aromatic heterocycles. The molecular weight excluding hydrogens is 276 g/mol. The Kier molecular flexibility index (Phi) is 8.57. The lowest BCUT2D eigenvalue weighted by molar-refractivity contribution is -0.138. The van der Waals surface area contributed by atoms with Gasteiger partial charge in [-0.15, -0.1) is 0 Å². The summed E-state index contributed by atoms with van der Waals surface area (Å²) < 4.78 is 0. The summed E-state index contributed by atoms with van der Waals surface area (Å²) in [6, 6.07) is 20.1. The number of carboxylic acids is 1. The van der Waals surface area contributed by atoms with Crippen LogP contribution in [0.25, 0.3) is 11.1 Å². The number of rotatable bonds is 6. The average Bonchev–Trinajstić information content (AvgIpc) is 2.57. The lowest BCUT2D eigenvalue weighted by Crippen LogP contribution is -2.29. The van der Waals surface area contributed by atoms with Crippen molar-refractivity contribution < 1.29 is 9.90 Å². The number of carboxylic acid groups (broad SMARTS) is 1. The number of carbonyl (C=O) groups is 1. The molecule has 0 fully saturated rings. The van der Waals surface area contributed by atoms with Gasteiger partial charge in [-0.3, -0.25) is 4.79 Å². The van der Waals surface area contributed by atoms with Crippen molar-refractivity contribution in [1.29, 1.82) is 0 Å². The zero-order valence-corrected chi connectivity index (χ0v) is 12.7. The van der Waals surface area contributed by atoms with Crippen molar-refractivity contribution in [3.63, 3.8) is 0 Å². The van der Waals surface area contributed by atoms with Crippen LogP contribution in [0.4, 0.5) is 0 Å². The van der Waals surface area contributed by atoms with Gasteiger partial charge in [0.25, 0.3) is 0 Å². The van der Waals surface area contributed by atoms with E-state index in [9.17, 15) is 4.79 Å². The summed E-state index contributed by atoms with van der Waals surface area (Å²) in [6.07, 6.45) is 2.16. The highest BCUT2D eigenvalue weighted by Crippen LogP contribution is 2.17. The van der Waals surface area contributed by atoms with Gasteiger partial charge in [0, 0.05) is 0 Å². The van der Waals surface area contributed by atoms with Gasteiger partial charge in [0.05, 0.1) is 0 Å². The maximum atomic E-state index is 10.1. The molecule has 2 aromatic carbocycles. The van der Waals surface area contributed by atoms with E-state index in [1.807, 2.05) is 12.1 Å². The second-order valence-electron chi connectivity index (χ2n) is 4.96. The van der Waals surface area contributed by atoms with Crippen molar-refractivity contribution in [2.45, 2.75) is 25.3 Å². The Morgan fingerprint density at radius 1 is 0.909 bits per heavy atom. The number of hydrogen-bond acceptors (Lipinski definition) is 3. The van der Waals surface area contributed by atoms with Gasteiger partial charge in [-0.25, -0.2) is 0 Å². The SMILES string of the molecule is NCCCC[C@H](N)C(=O)O.c1ccc(-c2ccccc2)cc1. The van der Waals surface area contributed by atoms with Crippen LogP contribution in [0.1, 0.15) is 19.3 Å². The predicted octanol–water partition coefficient (Wildman–Crippen LogP) is 2.88. The van der Waals surface area contributed by atoms with Crippen LogP contribution in [0.2, 0.25) is 0 Å². The Morgan fingerprint density at radius 3 is 1.73 bits per heavy atom. The number of nitrogens with two attached hydrogens (primary N) is 2. The molecule has 5 N–H and O–H groups in total. The highest BCUT2D eigenvalue weighted by molar-refractivity contribution is 5.72. The van der Waals surface area contributed by atoms with E-state index >= 15 is 0 Å². The molecule has 0 aliphatic rings. The monoisotopic (exact) mass is 300 g/mol. The third-order valence-electron chi connectivity index (χ3n) is 3.17. The fraction of sp³-hybridized carbons (Fsp3) is 0.278. The third-order valence-corrected chi connectivity index (χ3v) is 3.17. The van der Waals surface area contributed by atoms with Crippen LogP contribution in [0, 0.1) is 0 Å². The molecular formula is C18H24N2O2. The van der Waals surface area contributed by atoms with E-state index < -0.39 is 12.0 Å². The molecule has 4 nitrogen and oxygen atoms in total. The Balaban J connectivity index is 0.000000225. The first kappa shape index (κ1) is 17.9. The molecule has 0 saturated carbocycles. The topological polar surface area (TPSA) is 89.3 Å². The lowest BCUT2D eigenvalue weighted by atomic mass is 10.1. The fourth-order valence-corrected chi connectivity index (χ4v) is 1.89. The minimum atomic E-state index is -0.933. The molecule has 1 atom stereocenters. The van der Waals surface area contributed by atoms with Crippen molar-refractivity contribution >= 4 is 5.97 Å². The van der Waals surface area contributed by atoms with Crippen molar-refractivity contribution in [2.24, 2.45) is 11.5 Å². The van der Waals surface area contributed by atoms with Crippen LogP contribution >= 0.6 is 0 Å². The Labute approximate surface area is 131 Å². The van der Waals surface area contributed by atoms with Crippen LogP contribution in [-0.2, 0) is 4.79 Å². The van der Waals surface area contributed by atoms with Crippen molar-refractivity contribution in [3.8, 4) is 11.1 Å². The van der Waals surface area contributed by atoms with E-state index in [1.54, 1.807) is 0 Å². The molecule has 0 spiro atoms. The van der Waals surface area contributed by atoms with Gasteiger partial charge in [0.1, 0.15) is 6.04 Å². The van der Waals surface area contributed by atoms with Crippen molar-refractivity contribution in [1.82, 2.24) is 0 Å². The minimum absolute atomic E-state index is 0.520. The van der Waals surface area contributed by atoms with Crippen LogP contribution in [-0.4, -0.2) is 23.7 Å².